The minimum absolute atomic E-state index is 0.189. The van der Waals surface area contributed by atoms with Gasteiger partial charge in [-0.05, 0) is 24.1 Å². The van der Waals surface area contributed by atoms with Crippen molar-refractivity contribution in [3.63, 3.8) is 0 Å². The SMILES string of the molecule is O=C1CCC(c2c[nH]c3cc(C(=O)O)ccc23)C(=O)N1. The molecule has 2 aromatic rings. The van der Waals surface area contributed by atoms with Crippen LogP contribution in [-0.2, 0) is 9.59 Å². The Bertz CT molecular complexity index is 732. The summed E-state index contributed by atoms with van der Waals surface area (Å²) in [5.74, 6) is -1.93. The number of benzene rings is 1. The van der Waals surface area contributed by atoms with Crippen LogP contribution in [0.3, 0.4) is 0 Å². The van der Waals surface area contributed by atoms with Crippen molar-refractivity contribution in [2.24, 2.45) is 0 Å². The fraction of sp³-hybridized carbons (Fsp3) is 0.214. The lowest BCUT2D eigenvalue weighted by molar-refractivity contribution is -0.134. The minimum Gasteiger partial charge on any atom is -0.478 e. The molecule has 6 heteroatoms. The van der Waals surface area contributed by atoms with Crippen molar-refractivity contribution < 1.29 is 19.5 Å². The van der Waals surface area contributed by atoms with Gasteiger partial charge < -0.3 is 10.1 Å². The van der Waals surface area contributed by atoms with E-state index in [0.29, 0.717) is 18.4 Å². The molecule has 1 atom stereocenters. The summed E-state index contributed by atoms with van der Waals surface area (Å²) in [7, 11) is 0. The zero-order chi connectivity index (χ0) is 14.3. The molecule has 1 aliphatic rings. The zero-order valence-electron chi connectivity index (χ0n) is 10.5. The van der Waals surface area contributed by atoms with Crippen LogP contribution in [0.5, 0.6) is 0 Å². The van der Waals surface area contributed by atoms with Crippen LogP contribution in [0.1, 0.15) is 34.7 Å². The fourth-order valence-corrected chi connectivity index (χ4v) is 2.56. The molecule has 1 aromatic carbocycles. The Kier molecular flexibility index (Phi) is 2.78. The Balaban J connectivity index is 2.02. The van der Waals surface area contributed by atoms with Gasteiger partial charge in [-0.2, -0.15) is 0 Å². The third-order valence-electron chi connectivity index (χ3n) is 3.58. The molecule has 1 fully saturated rings. The highest BCUT2D eigenvalue weighted by Gasteiger charge is 2.29. The van der Waals surface area contributed by atoms with Crippen molar-refractivity contribution in [3.05, 3.63) is 35.5 Å². The van der Waals surface area contributed by atoms with Gasteiger partial charge in [-0.3, -0.25) is 14.9 Å². The predicted molar refractivity (Wildman–Crippen MR) is 70.4 cm³/mol. The topological polar surface area (TPSA) is 99.3 Å². The summed E-state index contributed by atoms with van der Waals surface area (Å²) in [6.07, 6.45) is 2.49. The Morgan fingerprint density at radius 1 is 1.30 bits per heavy atom. The van der Waals surface area contributed by atoms with Crippen LogP contribution in [0.2, 0.25) is 0 Å². The van der Waals surface area contributed by atoms with E-state index in [1.807, 2.05) is 0 Å². The highest BCUT2D eigenvalue weighted by Crippen LogP contribution is 2.31. The number of piperidine rings is 1. The number of carboxylic acid groups (broad SMARTS) is 1. The second-order valence-corrected chi connectivity index (χ2v) is 4.81. The van der Waals surface area contributed by atoms with E-state index in [0.717, 1.165) is 10.9 Å². The molecule has 0 spiro atoms. The number of carboxylic acids is 1. The molecule has 0 saturated carbocycles. The number of hydrogen-bond acceptors (Lipinski definition) is 3. The first-order valence-electron chi connectivity index (χ1n) is 6.24. The summed E-state index contributed by atoms with van der Waals surface area (Å²) in [5.41, 5.74) is 1.65. The summed E-state index contributed by atoms with van der Waals surface area (Å²) in [5, 5.41) is 12.1. The van der Waals surface area contributed by atoms with Crippen LogP contribution >= 0.6 is 0 Å². The standard InChI is InChI=1S/C14H12N2O4/c17-12-4-3-9(13(18)16-12)10-6-15-11-5-7(14(19)20)1-2-8(10)11/h1-2,5-6,9,15H,3-4H2,(H,19,20)(H,16,17,18). The maximum absolute atomic E-state index is 11.9. The Hall–Kier alpha value is -2.63. The van der Waals surface area contributed by atoms with Gasteiger partial charge >= 0.3 is 5.97 Å². The van der Waals surface area contributed by atoms with E-state index < -0.39 is 5.97 Å². The van der Waals surface area contributed by atoms with Crippen LogP contribution in [0.25, 0.3) is 10.9 Å². The molecular formula is C14H12N2O4. The number of fused-ring (bicyclic) bond motifs is 1. The minimum atomic E-state index is -0.996. The van der Waals surface area contributed by atoms with Crippen molar-refractivity contribution in [2.45, 2.75) is 18.8 Å². The number of hydrogen-bond donors (Lipinski definition) is 3. The van der Waals surface area contributed by atoms with Gasteiger partial charge in [-0.15, -0.1) is 0 Å². The highest BCUT2D eigenvalue weighted by molar-refractivity contribution is 6.03. The van der Waals surface area contributed by atoms with Crippen molar-refractivity contribution in [3.8, 4) is 0 Å². The van der Waals surface area contributed by atoms with E-state index in [9.17, 15) is 14.4 Å². The van der Waals surface area contributed by atoms with Gasteiger partial charge in [0.25, 0.3) is 0 Å². The molecule has 3 rings (SSSR count). The predicted octanol–water partition coefficient (Wildman–Crippen LogP) is 1.39. The molecule has 0 radical (unpaired) electrons. The maximum Gasteiger partial charge on any atom is 0.335 e. The molecule has 1 aromatic heterocycles. The molecule has 102 valence electrons. The summed E-state index contributed by atoms with van der Waals surface area (Å²) >= 11 is 0. The first kappa shape index (κ1) is 12.4. The Morgan fingerprint density at radius 2 is 2.10 bits per heavy atom. The Labute approximate surface area is 113 Å². The van der Waals surface area contributed by atoms with Gasteiger partial charge in [0.1, 0.15) is 0 Å². The van der Waals surface area contributed by atoms with Crippen LogP contribution in [0.4, 0.5) is 0 Å². The van der Waals surface area contributed by atoms with Gasteiger partial charge in [0.05, 0.1) is 11.5 Å². The molecule has 3 N–H and O–H groups in total. The molecule has 2 heterocycles. The van der Waals surface area contributed by atoms with Crippen LogP contribution < -0.4 is 5.32 Å². The lowest BCUT2D eigenvalue weighted by Gasteiger charge is -2.20. The molecule has 1 saturated heterocycles. The highest BCUT2D eigenvalue weighted by atomic mass is 16.4. The third kappa shape index (κ3) is 1.95. The van der Waals surface area contributed by atoms with Crippen molar-refractivity contribution in [1.82, 2.24) is 10.3 Å². The number of H-pyrrole nitrogens is 1. The number of aromatic carboxylic acids is 1. The zero-order valence-corrected chi connectivity index (χ0v) is 10.5. The maximum atomic E-state index is 11.9. The van der Waals surface area contributed by atoms with Gasteiger partial charge in [0.15, 0.2) is 0 Å². The number of aromatic nitrogens is 1. The number of amides is 2. The van der Waals surface area contributed by atoms with E-state index in [-0.39, 0.29) is 23.3 Å². The number of imide groups is 1. The monoisotopic (exact) mass is 272 g/mol. The van der Waals surface area contributed by atoms with Crippen molar-refractivity contribution in [2.75, 3.05) is 0 Å². The van der Waals surface area contributed by atoms with Gasteiger partial charge in [0, 0.05) is 23.5 Å². The lowest BCUT2D eigenvalue weighted by Crippen LogP contribution is -2.39. The van der Waals surface area contributed by atoms with E-state index in [1.165, 1.54) is 12.1 Å². The van der Waals surface area contributed by atoms with Gasteiger partial charge in [-0.1, -0.05) is 6.07 Å². The van der Waals surface area contributed by atoms with Crippen molar-refractivity contribution >= 4 is 28.7 Å². The first-order valence-corrected chi connectivity index (χ1v) is 6.24. The molecule has 1 aliphatic heterocycles. The molecule has 6 nitrogen and oxygen atoms in total. The lowest BCUT2D eigenvalue weighted by atomic mass is 9.90. The average Bonchev–Trinajstić information content (AvgIpc) is 2.81. The molecule has 0 aliphatic carbocycles. The number of aromatic amines is 1. The quantitative estimate of drug-likeness (QED) is 0.719. The van der Waals surface area contributed by atoms with Crippen LogP contribution in [-0.4, -0.2) is 27.9 Å². The number of rotatable bonds is 2. The largest absolute Gasteiger partial charge is 0.478 e. The fourth-order valence-electron chi connectivity index (χ4n) is 2.56. The first-order chi connectivity index (χ1) is 9.56. The van der Waals surface area contributed by atoms with E-state index >= 15 is 0 Å². The average molecular weight is 272 g/mol. The van der Waals surface area contributed by atoms with Gasteiger partial charge in [-0.25, -0.2) is 4.79 Å². The molecule has 20 heavy (non-hydrogen) atoms. The molecule has 2 amide bonds. The van der Waals surface area contributed by atoms with Gasteiger partial charge in [0.2, 0.25) is 11.8 Å². The summed E-state index contributed by atoms with van der Waals surface area (Å²) in [4.78, 5) is 37.0. The van der Waals surface area contributed by atoms with E-state index in [1.54, 1.807) is 12.3 Å². The summed E-state index contributed by atoms with van der Waals surface area (Å²) < 4.78 is 0. The van der Waals surface area contributed by atoms with Crippen LogP contribution in [0, 0.1) is 0 Å². The Morgan fingerprint density at radius 3 is 2.80 bits per heavy atom. The van der Waals surface area contributed by atoms with Crippen molar-refractivity contribution in [1.29, 1.82) is 0 Å². The summed E-state index contributed by atoms with van der Waals surface area (Å²) in [6.45, 7) is 0. The number of carbonyl (C=O) groups excluding carboxylic acids is 2. The summed E-state index contributed by atoms with van der Waals surface area (Å²) in [6, 6.07) is 4.73. The molecule has 0 bridgehead atoms. The van der Waals surface area contributed by atoms with E-state index in [4.69, 9.17) is 5.11 Å². The number of nitrogens with one attached hydrogen (secondary N) is 2. The second-order valence-electron chi connectivity index (χ2n) is 4.81. The normalized spacial score (nSPS) is 19.1. The van der Waals surface area contributed by atoms with E-state index in [2.05, 4.69) is 10.3 Å². The molecular weight excluding hydrogens is 260 g/mol. The smallest absolute Gasteiger partial charge is 0.335 e. The second kappa shape index (κ2) is 4.48. The van der Waals surface area contributed by atoms with Crippen LogP contribution in [0.15, 0.2) is 24.4 Å². The third-order valence-corrected chi connectivity index (χ3v) is 3.58. The number of carbonyl (C=O) groups is 3. The molecule has 1 unspecified atom stereocenters.